The maximum atomic E-state index is 13.6. The number of rotatable bonds is 7. The van der Waals surface area contributed by atoms with Crippen LogP contribution in [0.15, 0.2) is 30.6 Å². The molecular formula is C23H26ClFN4O4. The summed E-state index contributed by atoms with van der Waals surface area (Å²) in [6.45, 7) is 1.86. The number of nitrogens with zero attached hydrogens (tertiary/aromatic N) is 2. The van der Waals surface area contributed by atoms with Crippen LogP contribution in [-0.2, 0) is 4.79 Å². The number of amides is 2. The largest absolute Gasteiger partial charge is 0.484 e. The second-order valence-corrected chi connectivity index (χ2v) is 9.23. The van der Waals surface area contributed by atoms with Crippen molar-refractivity contribution in [2.24, 2.45) is 5.92 Å². The van der Waals surface area contributed by atoms with Crippen molar-refractivity contribution < 1.29 is 23.5 Å². The number of carbonyl (C=O) groups excluding carboxylic acids is 2. The minimum absolute atomic E-state index is 0.00254. The Morgan fingerprint density at radius 2 is 1.91 bits per heavy atom. The third-order valence-corrected chi connectivity index (χ3v) is 7.15. The van der Waals surface area contributed by atoms with Crippen LogP contribution in [0.3, 0.4) is 0 Å². The topological polar surface area (TPSA) is 102 Å². The van der Waals surface area contributed by atoms with Crippen LogP contribution in [0.4, 0.5) is 4.39 Å². The molecule has 3 saturated carbocycles. The van der Waals surface area contributed by atoms with Crippen molar-refractivity contribution in [2.45, 2.75) is 50.1 Å². The summed E-state index contributed by atoms with van der Waals surface area (Å²) in [7, 11) is 1.45. The van der Waals surface area contributed by atoms with Gasteiger partial charge in [0.1, 0.15) is 11.6 Å². The van der Waals surface area contributed by atoms with Crippen molar-refractivity contribution in [1.29, 1.82) is 0 Å². The van der Waals surface area contributed by atoms with E-state index in [4.69, 9.17) is 21.1 Å². The van der Waals surface area contributed by atoms with Gasteiger partial charge in [-0.05, 0) is 50.2 Å². The minimum atomic E-state index is -0.598. The van der Waals surface area contributed by atoms with Crippen molar-refractivity contribution >= 4 is 23.4 Å². The first kappa shape index (κ1) is 23.2. The average molecular weight is 477 g/mol. The Kier molecular flexibility index (Phi) is 6.43. The summed E-state index contributed by atoms with van der Waals surface area (Å²) in [6, 6.07) is 4.06. The number of hydrogen-bond acceptors (Lipinski definition) is 6. The molecule has 3 aliphatic rings. The van der Waals surface area contributed by atoms with Crippen LogP contribution in [0.1, 0.15) is 49.5 Å². The zero-order valence-electron chi connectivity index (χ0n) is 18.5. The standard InChI is InChI=1S/C23H26ClFN4O4/c1-14-12-22(29-20(31)19-21(32-2)27-10-9-26-19)5-7-23(14,8-6-22)28-18(30)13-33-15-3-4-16(24)17(25)11-15/h3-4,9-11,14H,5-8,12-13H2,1-2H3,(H,28,30)(H,29,31). The summed E-state index contributed by atoms with van der Waals surface area (Å²) in [5.74, 6) is -0.603. The molecule has 1 aromatic carbocycles. The third kappa shape index (κ3) is 4.73. The first-order chi connectivity index (χ1) is 15.8. The van der Waals surface area contributed by atoms with Gasteiger partial charge in [0.2, 0.25) is 5.88 Å². The van der Waals surface area contributed by atoms with Gasteiger partial charge in [-0.25, -0.2) is 14.4 Å². The predicted octanol–water partition coefficient (Wildman–Crippen LogP) is 3.29. The van der Waals surface area contributed by atoms with Gasteiger partial charge in [-0.2, -0.15) is 0 Å². The summed E-state index contributed by atoms with van der Waals surface area (Å²) in [4.78, 5) is 33.7. The van der Waals surface area contributed by atoms with Gasteiger partial charge in [-0.1, -0.05) is 18.5 Å². The highest BCUT2D eigenvalue weighted by atomic mass is 35.5. The highest BCUT2D eigenvalue weighted by Crippen LogP contribution is 2.50. The molecule has 1 unspecified atom stereocenters. The Labute approximate surface area is 196 Å². The summed E-state index contributed by atoms with van der Waals surface area (Å²) >= 11 is 5.67. The lowest BCUT2D eigenvalue weighted by Crippen LogP contribution is -2.67. The van der Waals surface area contributed by atoms with Gasteiger partial charge in [0.15, 0.2) is 12.3 Å². The van der Waals surface area contributed by atoms with Crippen LogP contribution in [0.5, 0.6) is 11.6 Å². The van der Waals surface area contributed by atoms with Crippen molar-refractivity contribution in [2.75, 3.05) is 13.7 Å². The van der Waals surface area contributed by atoms with Crippen LogP contribution in [0.25, 0.3) is 0 Å². The van der Waals surface area contributed by atoms with E-state index in [1.807, 2.05) is 0 Å². The fourth-order valence-electron chi connectivity index (χ4n) is 5.04. The van der Waals surface area contributed by atoms with Crippen LogP contribution in [0, 0.1) is 11.7 Å². The Morgan fingerprint density at radius 1 is 1.18 bits per heavy atom. The van der Waals surface area contributed by atoms with Crippen molar-refractivity contribution in [1.82, 2.24) is 20.6 Å². The van der Waals surface area contributed by atoms with E-state index in [0.29, 0.717) is 0 Å². The van der Waals surface area contributed by atoms with Crippen LogP contribution < -0.4 is 20.1 Å². The number of ether oxygens (including phenoxy) is 2. The molecule has 1 heterocycles. The number of methoxy groups -OCH3 is 1. The zero-order valence-corrected chi connectivity index (χ0v) is 19.2. The monoisotopic (exact) mass is 476 g/mol. The molecule has 2 N–H and O–H groups in total. The highest BCUT2D eigenvalue weighted by molar-refractivity contribution is 6.30. The third-order valence-electron chi connectivity index (χ3n) is 6.84. The van der Waals surface area contributed by atoms with E-state index in [2.05, 4.69) is 27.5 Å². The number of carbonyl (C=O) groups is 2. The lowest BCUT2D eigenvalue weighted by Gasteiger charge is -2.57. The number of fused-ring (bicyclic) bond motifs is 3. The Morgan fingerprint density at radius 3 is 2.58 bits per heavy atom. The molecule has 0 saturated heterocycles. The van der Waals surface area contributed by atoms with Gasteiger partial charge in [0.25, 0.3) is 11.8 Å². The molecule has 2 aromatic rings. The van der Waals surface area contributed by atoms with E-state index in [1.165, 1.54) is 31.6 Å². The van der Waals surface area contributed by atoms with Gasteiger partial charge in [-0.15, -0.1) is 0 Å². The van der Waals surface area contributed by atoms with E-state index < -0.39 is 5.82 Å². The Balaban J connectivity index is 1.36. The Hall–Kier alpha value is -2.94. The van der Waals surface area contributed by atoms with Crippen LogP contribution >= 0.6 is 11.6 Å². The van der Waals surface area contributed by atoms with Gasteiger partial charge < -0.3 is 20.1 Å². The van der Waals surface area contributed by atoms with Crippen molar-refractivity contribution in [3.8, 4) is 11.6 Å². The van der Waals surface area contributed by atoms with Gasteiger partial charge in [0.05, 0.1) is 12.1 Å². The lowest BCUT2D eigenvalue weighted by atomic mass is 9.56. The summed E-state index contributed by atoms with van der Waals surface area (Å²) in [5, 5.41) is 6.31. The smallest absolute Gasteiger partial charge is 0.275 e. The molecule has 10 heteroatoms. The number of halogens is 2. The van der Waals surface area contributed by atoms with Gasteiger partial charge >= 0.3 is 0 Å². The average Bonchev–Trinajstić information content (AvgIpc) is 2.81. The van der Waals surface area contributed by atoms with Crippen molar-refractivity contribution in [3.05, 3.63) is 47.1 Å². The molecule has 1 atom stereocenters. The molecule has 1 aromatic heterocycles. The predicted molar refractivity (Wildman–Crippen MR) is 119 cm³/mol. The van der Waals surface area contributed by atoms with Gasteiger partial charge in [-0.3, -0.25) is 9.59 Å². The van der Waals surface area contributed by atoms with Gasteiger partial charge in [0, 0.05) is 29.5 Å². The van der Waals surface area contributed by atoms with Crippen LogP contribution in [-0.4, -0.2) is 46.6 Å². The maximum Gasteiger partial charge on any atom is 0.275 e. The van der Waals surface area contributed by atoms with E-state index in [0.717, 1.165) is 38.2 Å². The molecule has 5 rings (SSSR count). The normalized spacial score (nSPS) is 25.9. The van der Waals surface area contributed by atoms with E-state index in [1.54, 1.807) is 0 Å². The number of hydrogen-bond donors (Lipinski definition) is 2. The first-order valence-corrected chi connectivity index (χ1v) is 11.2. The first-order valence-electron chi connectivity index (χ1n) is 10.8. The lowest BCUT2D eigenvalue weighted by molar-refractivity contribution is -0.128. The molecule has 2 amide bonds. The minimum Gasteiger partial charge on any atom is -0.484 e. The zero-order chi connectivity index (χ0) is 23.6. The molecule has 3 aliphatic carbocycles. The quantitative estimate of drug-likeness (QED) is 0.635. The van der Waals surface area contributed by atoms with Crippen molar-refractivity contribution in [3.63, 3.8) is 0 Å². The number of benzene rings is 1. The molecule has 0 aliphatic heterocycles. The molecule has 8 nitrogen and oxygen atoms in total. The van der Waals surface area contributed by atoms with Crippen LogP contribution in [0.2, 0.25) is 5.02 Å². The molecule has 33 heavy (non-hydrogen) atoms. The number of aromatic nitrogens is 2. The summed E-state index contributed by atoms with van der Waals surface area (Å²) in [5.41, 5.74) is -0.556. The summed E-state index contributed by atoms with van der Waals surface area (Å²) < 4.78 is 24.2. The molecule has 0 radical (unpaired) electrons. The van der Waals surface area contributed by atoms with E-state index >= 15 is 0 Å². The number of nitrogens with one attached hydrogen (secondary N) is 2. The molecular weight excluding hydrogens is 451 g/mol. The molecule has 176 valence electrons. The molecule has 3 fully saturated rings. The second kappa shape index (κ2) is 9.13. The maximum absolute atomic E-state index is 13.6. The SMILES string of the molecule is COc1nccnc1C(=O)NC12CCC(NC(=O)COc3ccc(Cl)c(F)c3)(CC1)C(C)C2. The van der Waals surface area contributed by atoms with E-state index in [-0.39, 0.29) is 57.8 Å². The highest BCUT2D eigenvalue weighted by Gasteiger charge is 2.54. The second-order valence-electron chi connectivity index (χ2n) is 8.82. The molecule has 0 spiro atoms. The summed E-state index contributed by atoms with van der Waals surface area (Å²) in [6.07, 6.45) is 6.58. The van der Waals surface area contributed by atoms with E-state index in [9.17, 15) is 14.0 Å². The fourth-order valence-corrected chi connectivity index (χ4v) is 5.15. The Bertz CT molecular complexity index is 1060. The fraction of sp³-hybridized carbons (Fsp3) is 0.478. The molecule has 2 bridgehead atoms.